The number of hydrogen-bond acceptors (Lipinski definition) is 3. The van der Waals surface area contributed by atoms with Crippen LogP contribution in [0.3, 0.4) is 0 Å². The van der Waals surface area contributed by atoms with Crippen molar-refractivity contribution in [3.8, 4) is 5.75 Å². The predicted octanol–water partition coefficient (Wildman–Crippen LogP) is 3.98. The Balaban J connectivity index is 1.54. The second-order valence-corrected chi connectivity index (χ2v) is 7.46. The molecule has 4 rings (SSSR count). The summed E-state index contributed by atoms with van der Waals surface area (Å²) in [6.45, 7) is 4.69. The van der Waals surface area contributed by atoms with Gasteiger partial charge in [-0.1, -0.05) is 18.2 Å². The number of benzene rings is 1. The third-order valence-corrected chi connectivity index (χ3v) is 5.61. The van der Waals surface area contributed by atoms with Crippen molar-refractivity contribution in [2.24, 2.45) is 0 Å². The molecule has 2 aromatic heterocycles. The Bertz CT molecular complexity index is 987. The summed E-state index contributed by atoms with van der Waals surface area (Å²) in [4.78, 5) is 17.5. The Kier molecular flexibility index (Phi) is 4.67. The molecule has 5 nitrogen and oxygen atoms in total. The van der Waals surface area contributed by atoms with Crippen LogP contribution in [0.4, 0.5) is 0 Å². The van der Waals surface area contributed by atoms with E-state index in [0.29, 0.717) is 6.54 Å². The molecule has 0 atom stereocenters. The average Bonchev–Trinajstić information content (AvgIpc) is 3.45. The first-order chi connectivity index (χ1) is 13.5. The van der Waals surface area contributed by atoms with Gasteiger partial charge in [0.05, 0.1) is 30.5 Å². The Labute approximate surface area is 165 Å². The Morgan fingerprint density at radius 3 is 2.54 bits per heavy atom. The van der Waals surface area contributed by atoms with E-state index in [2.05, 4.69) is 14.9 Å². The third-order valence-electron chi connectivity index (χ3n) is 5.61. The molecule has 1 saturated carbocycles. The van der Waals surface area contributed by atoms with Gasteiger partial charge in [-0.05, 0) is 62.6 Å². The number of nitrogens with one attached hydrogen (secondary N) is 1. The van der Waals surface area contributed by atoms with E-state index in [1.165, 1.54) is 0 Å². The number of aromatic nitrogens is 2. The third kappa shape index (κ3) is 3.40. The highest BCUT2D eigenvalue weighted by atomic mass is 16.5. The van der Waals surface area contributed by atoms with Gasteiger partial charge in [-0.25, -0.2) is 0 Å². The molecule has 0 saturated heterocycles. The maximum Gasteiger partial charge on any atom is 0.253 e. The number of ether oxygens (including phenoxy) is 1. The molecule has 0 aliphatic heterocycles. The highest BCUT2D eigenvalue weighted by Gasteiger charge is 2.46. The van der Waals surface area contributed by atoms with E-state index >= 15 is 0 Å². The van der Waals surface area contributed by atoms with Crippen molar-refractivity contribution in [2.45, 2.75) is 38.8 Å². The smallest absolute Gasteiger partial charge is 0.253 e. The lowest BCUT2D eigenvalue weighted by molar-refractivity contribution is 0.0930. The molecular weight excluding hydrogens is 350 g/mol. The number of carbonyl (C=O) groups excluding carboxylic acids is 1. The zero-order chi connectivity index (χ0) is 19.7. The van der Waals surface area contributed by atoms with E-state index in [0.717, 1.165) is 46.8 Å². The summed E-state index contributed by atoms with van der Waals surface area (Å²) in [5, 5.41) is 3.27. The molecule has 1 fully saturated rings. The van der Waals surface area contributed by atoms with Gasteiger partial charge in [-0.15, -0.1) is 0 Å². The molecule has 1 aliphatic carbocycles. The molecule has 1 N–H and O–H groups in total. The van der Waals surface area contributed by atoms with Gasteiger partial charge in [-0.2, -0.15) is 0 Å². The first-order valence-corrected chi connectivity index (χ1v) is 9.56. The van der Waals surface area contributed by atoms with Gasteiger partial charge in [-0.3, -0.25) is 9.78 Å². The maximum absolute atomic E-state index is 13.1. The fraction of sp³-hybridized carbons (Fsp3) is 0.304. The number of carbonyl (C=O) groups is 1. The highest BCUT2D eigenvalue weighted by Crippen LogP contribution is 2.46. The topological polar surface area (TPSA) is 56.1 Å². The molecule has 1 aromatic carbocycles. The summed E-state index contributed by atoms with van der Waals surface area (Å²) in [6, 6.07) is 15.8. The van der Waals surface area contributed by atoms with Crippen molar-refractivity contribution in [1.82, 2.24) is 14.9 Å². The molecule has 0 radical (unpaired) electrons. The lowest BCUT2D eigenvalue weighted by Gasteiger charge is -2.18. The molecule has 28 heavy (non-hydrogen) atoms. The van der Waals surface area contributed by atoms with E-state index < -0.39 is 0 Å². The van der Waals surface area contributed by atoms with Gasteiger partial charge in [0.15, 0.2) is 0 Å². The number of methoxy groups -OCH3 is 1. The van der Waals surface area contributed by atoms with E-state index in [1.54, 1.807) is 13.3 Å². The minimum absolute atomic E-state index is 0.0197. The second kappa shape index (κ2) is 7.15. The Morgan fingerprint density at radius 2 is 1.93 bits per heavy atom. The van der Waals surface area contributed by atoms with E-state index in [1.807, 2.05) is 62.4 Å². The highest BCUT2D eigenvalue weighted by molar-refractivity contribution is 5.96. The minimum atomic E-state index is -0.257. The summed E-state index contributed by atoms with van der Waals surface area (Å²) < 4.78 is 7.38. The molecule has 0 spiro atoms. The van der Waals surface area contributed by atoms with Gasteiger partial charge in [0.25, 0.3) is 5.91 Å². The van der Waals surface area contributed by atoms with Gasteiger partial charge < -0.3 is 14.6 Å². The second-order valence-electron chi connectivity index (χ2n) is 7.46. The maximum atomic E-state index is 13.1. The van der Waals surface area contributed by atoms with Crippen LogP contribution in [0.25, 0.3) is 0 Å². The van der Waals surface area contributed by atoms with Crippen molar-refractivity contribution in [3.05, 3.63) is 82.9 Å². The van der Waals surface area contributed by atoms with Crippen molar-refractivity contribution in [2.75, 3.05) is 7.11 Å². The SMILES string of the molecule is COc1ccc(C2(NC(=O)c3cc(C)n(Cc4ccccn4)c3C)CC2)cc1. The molecule has 1 aliphatic rings. The first-order valence-electron chi connectivity index (χ1n) is 9.56. The van der Waals surface area contributed by atoms with Gasteiger partial charge >= 0.3 is 0 Å². The molecule has 1 amide bonds. The number of amides is 1. The summed E-state index contributed by atoms with van der Waals surface area (Å²) in [7, 11) is 1.66. The van der Waals surface area contributed by atoms with Crippen LogP contribution in [-0.2, 0) is 12.1 Å². The van der Waals surface area contributed by atoms with Crippen LogP contribution in [0.5, 0.6) is 5.75 Å². The number of aryl methyl sites for hydroxylation is 1. The molecular formula is C23H25N3O2. The van der Waals surface area contributed by atoms with Crippen molar-refractivity contribution < 1.29 is 9.53 Å². The Hall–Kier alpha value is -3.08. The lowest BCUT2D eigenvalue weighted by Crippen LogP contribution is -2.35. The summed E-state index contributed by atoms with van der Waals surface area (Å²) in [5.41, 5.74) is 4.60. The van der Waals surface area contributed by atoms with Gasteiger partial charge in [0, 0.05) is 17.6 Å². The quantitative estimate of drug-likeness (QED) is 0.709. The first kappa shape index (κ1) is 18.3. The van der Waals surface area contributed by atoms with E-state index in [9.17, 15) is 4.79 Å². The fourth-order valence-electron chi connectivity index (χ4n) is 3.73. The standard InChI is InChI=1S/C23H25N3O2/c1-16-14-21(17(2)26(16)15-19-6-4-5-13-24-19)22(27)25-23(11-12-23)18-7-9-20(28-3)10-8-18/h4-10,13-14H,11-12,15H2,1-3H3,(H,25,27). The zero-order valence-electron chi connectivity index (χ0n) is 16.5. The van der Waals surface area contributed by atoms with Crippen molar-refractivity contribution >= 4 is 5.91 Å². The lowest BCUT2D eigenvalue weighted by atomic mass is 10.0. The summed E-state index contributed by atoms with van der Waals surface area (Å²) >= 11 is 0. The van der Waals surface area contributed by atoms with Gasteiger partial charge in [0.1, 0.15) is 5.75 Å². The summed E-state index contributed by atoms with van der Waals surface area (Å²) in [6.07, 6.45) is 3.71. The van der Waals surface area contributed by atoms with Crippen LogP contribution in [0.15, 0.2) is 54.7 Å². The zero-order valence-corrected chi connectivity index (χ0v) is 16.5. The van der Waals surface area contributed by atoms with Crippen LogP contribution in [0.1, 0.15) is 45.8 Å². The average molecular weight is 375 g/mol. The number of rotatable bonds is 6. The largest absolute Gasteiger partial charge is 0.497 e. The van der Waals surface area contributed by atoms with Crippen LogP contribution in [0.2, 0.25) is 0 Å². The van der Waals surface area contributed by atoms with Crippen LogP contribution in [0, 0.1) is 13.8 Å². The molecule has 0 unspecified atom stereocenters. The molecule has 3 aromatic rings. The van der Waals surface area contributed by atoms with E-state index in [4.69, 9.17) is 4.74 Å². The molecule has 2 heterocycles. The molecule has 0 bridgehead atoms. The normalized spacial score (nSPS) is 14.5. The number of pyridine rings is 1. The van der Waals surface area contributed by atoms with Crippen LogP contribution in [-0.4, -0.2) is 22.6 Å². The van der Waals surface area contributed by atoms with Crippen LogP contribution < -0.4 is 10.1 Å². The fourth-order valence-corrected chi connectivity index (χ4v) is 3.73. The monoisotopic (exact) mass is 375 g/mol. The van der Waals surface area contributed by atoms with Gasteiger partial charge in [0.2, 0.25) is 0 Å². The Morgan fingerprint density at radius 1 is 1.18 bits per heavy atom. The predicted molar refractivity (Wildman–Crippen MR) is 109 cm³/mol. The summed E-state index contributed by atoms with van der Waals surface area (Å²) in [5.74, 6) is 0.803. The number of hydrogen-bond donors (Lipinski definition) is 1. The molecule has 144 valence electrons. The van der Waals surface area contributed by atoms with Crippen molar-refractivity contribution in [1.29, 1.82) is 0 Å². The molecule has 5 heteroatoms. The van der Waals surface area contributed by atoms with Crippen LogP contribution >= 0.6 is 0 Å². The minimum Gasteiger partial charge on any atom is -0.497 e. The number of nitrogens with zero attached hydrogens (tertiary/aromatic N) is 2. The van der Waals surface area contributed by atoms with Crippen molar-refractivity contribution in [3.63, 3.8) is 0 Å². The van der Waals surface area contributed by atoms with E-state index in [-0.39, 0.29) is 11.4 Å².